The summed E-state index contributed by atoms with van der Waals surface area (Å²) in [6, 6.07) is 11.2. The highest BCUT2D eigenvalue weighted by Gasteiger charge is 2.34. The van der Waals surface area contributed by atoms with E-state index in [0.717, 1.165) is 29.7 Å². The number of hydrogen-bond acceptors (Lipinski definition) is 4. The summed E-state index contributed by atoms with van der Waals surface area (Å²) in [4.78, 5) is 27.1. The van der Waals surface area contributed by atoms with E-state index in [-0.39, 0.29) is 11.8 Å². The molecule has 4 nitrogen and oxygen atoms in total. The van der Waals surface area contributed by atoms with Gasteiger partial charge in [0.25, 0.3) is 11.8 Å². The second kappa shape index (κ2) is 7.38. The van der Waals surface area contributed by atoms with Crippen molar-refractivity contribution < 1.29 is 9.59 Å². The van der Waals surface area contributed by atoms with Gasteiger partial charge in [0.2, 0.25) is 0 Å². The maximum Gasteiger partial charge on any atom is 0.261 e. The Balaban J connectivity index is 1.40. The second-order valence-corrected chi connectivity index (χ2v) is 7.94. The van der Waals surface area contributed by atoms with Crippen molar-refractivity contribution in [1.29, 1.82) is 0 Å². The minimum atomic E-state index is -0.165. The van der Waals surface area contributed by atoms with Crippen LogP contribution in [0, 0.1) is 0 Å². The summed E-state index contributed by atoms with van der Waals surface area (Å²) in [6.45, 7) is 2.21. The lowest BCUT2D eigenvalue weighted by Crippen LogP contribution is -2.31. The van der Waals surface area contributed by atoms with Gasteiger partial charge in [-0.25, -0.2) is 0 Å². The van der Waals surface area contributed by atoms with Crippen LogP contribution in [0.5, 0.6) is 0 Å². The molecule has 1 aromatic heterocycles. The number of thiophene rings is 1. The molecule has 0 aliphatic carbocycles. The Morgan fingerprint density at radius 2 is 1.70 bits per heavy atom. The first-order valence-corrected chi connectivity index (χ1v) is 9.18. The smallest absolute Gasteiger partial charge is 0.261 e. The van der Waals surface area contributed by atoms with E-state index in [9.17, 15) is 9.59 Å². The Labute approximate surface area is 147 Å². The predicted molar refractivity (Wildman–Crippen MR) is 94.8 cm³/mol. The Kier molecular flexibility index (Phi) is 5.25. The summed E-state index contributed by atoms with van der Waals surface area (Å²) in [5, 5.41) is 3.38. The number of halogens is 1. The molecule has 2 heterocycles. The topological polar surface area (TPSA) is 49.4 Å². The second-order valence-electron chi connectivity index (χ2n) is 5.40. The molecule has 0 unspecified atom stereocenters. The van der Waals surface area contributed by atoms with Gasteiger partial charge in [-0.15, -0.1) is 11.3 Å². The third-order valence-corrected chi connectivity index (χ3v) is 5.42. The van der Waals surface area contributed by atoms with Crippen LogP contribution in [-0.4, -0.2) is 29.8 Å². The van der Waals surface area contributed by atoms with Crippen LogP contribution in [0.2, 0.25) is 0 Å². The molecular weight excluding hydrogens is 376 g/mol. The van der Waals surface area contributed by atoms with E-state index in [1.807, 2.05) is 6.07 Å². The van der Waals surface area contributed by atoms with E-state index in [4.69, 9.17) is 0 Å². The van der Waals surface area contributed by atoms with Gasteiger partial charge in [-0.2, -0.15) is 0 Å². The summed E-state index contributed by atoms with van der Waals surface area (Å²) in [5.41, 5.74) is 1.05. The van der Waals surface area contributed by atoms with E-state index in [1.54, 1.807) is 35.6 Å². The minimum Gasteiger partial charge on any atom is -0.312 e. The zero-order valence-corrected chi connectivity index (χ0v) is 15.0. The number of benzene rings is 1. The standard InChI is InChI=1S/C17H17BrN2O2S/c18-15-8-7-12(23-15)11-19-9-3-4-10-20-16(21)13-5-1-2-6-14(13)17(20)22/h1-2,5-8,19H,3-4,9-11H2. The summed E-state index contributed by atoms with van der Waals surface area (Å²) in [6.07, 6.45) is 1.74. The van der Waals surface area contributed by atoms with Crippen LogP contribution in [0.3, 0.4) is 0 Å². The van der Waals surface area contributed by atoms with Crippen molar-refractivity contribution >= 4 is 39.1 Å². The van der Waals surface area contributed by atoms with Gasteiger partial charge in [0.05, 0.1) is 14.9 Å². The fourth-order valence-corrected chi connectivity index (χ4v) is 4.07. The normalized spacial score (nSPS) is 13.7. The van der Waals surface area contributed by atoms with Crippen molar-refractivity contribution in [3.05, 3.63) is 56.2 Å². The van der Waals surface area contributed by atoms with E-state index in [0.29, 0.717) is 17.7 Å². The van der Waals surface area contributed by atoms with Gasteiger partial charge in [0.1, 0.15) is 0 Å². The van der Waals surface area contributed by atoms with Gasteiger partial charge in [-0.3, -0.25) is 14.5 Å². The highest BCUT2D eigenvalue weighted by atomic mass is 79.9. The molecule has 0 saturated carbocycles. The number of hydrogen-bond donors (Lipinski definition) is 1. The van der Waals surface area contributed by atoms with Crippen molar-refractivity contribution in [1.82, 2.24) is 10.2 Å². The number of imide groups is 1. The highest BCUT2D eigenvalue weighted by molar-refractivity contribution is 9.11. The fourth-order valence-electron chi connectivity index (χ4n) is 2.62. The van der Waals surface area contributed by atoms with Crippen LogP contribution in [0.4, 0.5) is 0 Å². The molecule has 0 spiro atoms. The average molecular weight is 393 g/mol. The lowest BCUT2D eigenvalue weighted by Gasteiger charge is -2.13. The fraction of sp³-hybridized carbons (Fsp3) is 0.294. The van der Waals surface area contributed by atoms with Crippen LogP contribution in [0.1, 0.15) is 38.4 Å². The molecule has 1 aromatic carbocycles. The van der Waals surface area contributed by atoms with Gasteiger partial charge in [0, 0.05) is 18.0 Å². The zero-order valence-electron chi connectivity index (χ0n) is 12.5. The SMILES string of the molecule is O=C1c2ccccc2C(=O)N1CCCCNCc1ccc(Br)s1. The molecule has 2 aromatic rings. The van der Waals surface area contributed by atoms with Crippen molar-refractivity contribution in [2.45, 2.75) is 19.4 Å². The third-order valence-electron chi connectivity index (χ3n) is 3.79. The number of fused-ring (bicyclic) bond motifs is 1. The molecule has 1 aliphatic rings. The van der Waals surface area contributed by atoms with Gasteiger partial charge < -0.3 is 5.32 Å². The maximum atomic E-state index is 12.2. The summed E-state index contributed by atoms with van der Waals surface area (Å²) in [5.74, 6) is -0.330. The molecule has 3 rings (SSSR count). The lowest BCUT2D eigenvalue weighted by atomic mass is 10.1. The quantitative estimate of drug-likeness (QED) is 0.577. The van der Waals surface area contributed by atoms with E-state index >= 15 is 0 Å². The Morgan fingerprint density at radius 3 is 2.30 bits per heavy atom. The Hall–Kier alpha value is -1.50. The first-order valence-electron chi connectivity index (χ1n) is 7.57. The number of unbranched alkanes of at least 4 members (excludes halogenated alkanes) is 1. The van der Waals surface area contributed by atoms with Crippen molar-refractivity contribution in [2.24, 2.45) is 0 Å². The van der Waals surface area contributed by atoms with Crippen molar-refractivity contribution in [2.75, 3.05) is 13.1 Å². The molecule has 0 atom stereocenters. The zero-order chi connectivity index (χ0) is 16.2. The molecule has 0 saturated heterocycles. The van der Waals surface area contributed by atoms with E-state index < -0.39 is 0 Å². The van der Waals surface area contributed by atoms with Crippen LogP contribution < -0.4 is 5.32 Å². The number of nitrogens with zero attached hydrogens (tertiary/aromatic N) is 1. The largest absolute Gasteiger partial charge is 0.312 e. The number of amides is 2. The first-order chi connectivity index (χ1) is 11.2. The van der Waals surface area contributed by atoms with Gasteiger partial charge in [-0.05, 0) is 59.6 Å². The molecule has 6 heteroatoms. The van der Waals surface area contributed by atoms with Gasteiger partial charge in [-0.1, -0.05) is 12.1 Å². The predicted octanol–water partition coefficient (Wildman–Crippen LogP) is 3.68. The lowest BCUT2D eigenvalue weighted by molar-refractivity contribution is 0.0651. The van der Waals surface area contributed by atoms with E-state index in [1.165, 1.54) is 9.78 Å². The molecule has 23 heavy (non-hydrogen) atoms. The molecule has 120 valence electrons. The van der Waals surface area contributed by atoms with Crippen LogP contribution in [-0.2, 0) is 6.54 Å². The number of carbonyl (C=O) groups is 2. The van der Waals surface area contributed by atoms with Crippen molar-refractivity contribution in [3.63, 3.8) is 0 Å². The van der Waals surface area contributed by atoms with Crippen LogP contribution in [0.25, 0.3) is 0 Å². The van der Waals surface area contributed by atoms with Crippen LogP contribution in [0.15, 0.2) is 40.2 Å². The van der Waals surface area contributed by atoms with Crippen molar-refractivity contribution in [3.8, 4) is 0 Å². The Bertz CT molecular complexity index is 694. The average Bonchev–Trinajstić information content (AvgIpc) is 3.07. The Morgan fingerprint density at radius 1 is 1.00 bits per heavy atom. The molecule has 1 aliphatic heterocycles. The summed E-state index contributed by atoms with van der Waals surface area (Å²) >= 11 is 5.17. The molecule has 0 bridgehead atoms. The molecule has 2 amide bonds. The molecule has 0 fully saturated rings. The van der Waals surface area contributed by atoms with Crippen LogP contribution >= 0.6 is 27.3 Å². The first kappa shape index (κ1) is 16.4. The number of carbonyl (C=O) groups excluding carboxylic acids is 2. The summed E-state index contributed by atoms with van der Waals surface area (Å²) < 4.78 is 1.14. The molecule has 0 radical (unpaired) electrons. The summed E-state index contributed by atoms with van der Waals surface area (Å²) in [7, 11) is 0. The monoisotopic (exact) mass is 392 g/mol. The number of nitrogens with one attached hydrogen (secondary N) is 1. The van der Waals surface area contributed by atoms with E-state index in [2.05, 4.69) is 27.3 Å². The van der Waals surface area contributed by atoms with Gasteiger partial charge >= 0.3 is 0 Å². The minimum absolute atomic E-state index is 0.165. The highest BCUT2D eigenvalue weighted by Crippen LogP contribution is 2.23. The molecular formula is C17H17BrN2O2S. The molecule has 1 N–H and O–H groups in total. The van der Waals surface area contributed by atoms with Gasteiger partial charge in [0.15, 0.2) is 0 Å². The third kappa shape index (κ3) is 3.71. The number of rotatable bonds is 7. The maximum absolute atomic E-state index is 12.2.